The summed E-state index contributed by atoms with van der Waals surface area (Å²) >= 11 is 5.52. The summed E-state index contributed by atoms with van der Waals surface area (Å²) in [7, 11) is 0. The molecular weight excluding hydrogens is 174 g/mol. The molecule has 1 aliphatic heterocycles. The van der Waals surface area contributed by atoms with Gasteiger partial charge in [-0.15, -0.1) is 0 Å². The van der Waals surface area contributed by atoms with Crippen LogP contribution in [0, 0.1) is 5.92 Å². The van der Waals surface area contributed by atoms with Crippen molar-refractivity contribution in [2.75, 3.05) is 26.3 Å². The van der Waals surface area contributed by atoms with E-state index in [4.69, 9.17) is 16.3 Å². The summed E-state index contributed by atoms with van der Waals surface area (Å²) in [6.45, 7) is 5.79. The van der Waals surface area contributed by atoms with Crippen LogP contribution in [0.5, 0.6) is 0 Å². The monoisotopic (exact) mass is 189 g/mol. The highest BCUT2D eigenvalue weighted by atomic mass is 35.5. The molecule has 1 atom stereocenters. The maximum atomic E-state index is 5.52. The molecule has 70 valence electrons. The first-order valence-corrected chi connectivity index (χ1v) is 4.81. The summed E-state index contributed by atoms with van der Waals surface area (Å²) in [5.41, 5.74) is 2.80. The van der Waals surface area contributed by atoms with Gasteiger partial charge < -0.3 is 10.1 Å². The molecule has 0 amide bonds. The van der Waals surface area contributed by atoms with E-state index >= 15 is 0 Å². The Kier molecular flexibility index (Phi) is 4.66. The molecule has 3 heteroatoms. The SMILES string of the molecule is CC(=CCl)CNCC1CCOC1. The average molecular weight is 190 g/mol. The number of ether oxygens (including phenoxy) is 1. The first kappa shape index (κ1) is 10.0. The van der Waals surface area contributed by atoms with Gasteiger partial charge in [-0.05, 0) is 24.8 Å². The predicted octanol–water partition coefficient (Wildman–Crippen LogP) is 1.76. The number of nitrogens with one attached hydrogen (secondary N) is 1. The second kappa shape index (κ2) is 5.57. The largest absolute Gasteiger partial charge is 0.381 e. The average Bonchev–Trinajstić information content (AvgIpc) is 2.57. The van der Waals surface area contributed by atoms with Gasteiger partial charge in [0.05, 0.1) is 6.61 Å². The second-order valence-corrected chi connectivity index (χ2v) is 3.53. The third kappa shape index (κ3) is 3.57. The van der Waals surface area contributed by atoms with Gasteiger partial charge in [-0.2, -0.15) is 0 Å². The molecule has 0 aromatic heterocycles. The van der Waals surface area contributed by atoms with Gasteiger partial charge in [-0.1, -0.05) is 11.6 Å². The predicted molar refractivity (Wildman–Crippen MR) is 51.4 cm³/mol. The van der Waals surface area contributed by atoms with E-state index in [1.807, 2.05) is 6.92 Å². The van der Waals surface area contributed by atoms with E-state index in [0.717, 1.165) is 26.3 Å². The van der Waals surface area contributed by atoms with Crippen LogP contribution in [0.1, 0.15) is 13.3 Å². The minimum Gasteiger partial charge on any atom is -0.381 e. The zero-order valence-corrected chi connectivity index (χ0v) is 8.23. The van der Waals surface area contributed by atoms with E-state index in [2.05, 4.69) is 5.32 Å². The summed E-state index contributed by atoms with van der Waals surface area (Å²) < 4.78 is 5.26. The van der Waals surface area contributed by atoms with Gasteiger partial charge in [-0.3, -0.25) is 0 Å². The van der Waals surface area contributed by atoms with Gasteiger partial charge in [0.25, 0.3) is 0 Å². The summed E-state index contributed by atoms with van der Waals surface area (Å²) in [5, 5.41) is 3.35. The van der Waals surface area contributed by atoms with Crippen LogP contribution >= 0.6 is 11.6 Å². The lowest BCUT2D eigenvalue weighted by molar-refractivity contribution is 0.185. The summed E-state index contributed by atoms with van der Waals surface area (Å²) in [6.07, 6.45) is 1.19. The Bertz CT molecular complexity index is 153. The highest BCUT2D eigenvalue weighted by Crippen LogP contribution is 2.10. The minimum atomic E-state index is 0.702. The fourth-order valence-corrected chi connectivity index (χ4v) is 1.33. The minimum absolute atomic E-state index is 0.702. The Morgan fingerprint density at radius 3 is 3.17 bits per heavy atom. The molecule has 2 nitrogen and oxygen atoms in total. The van der Waals surface area contributed by atoms with Gasteiger partial charge in [0.15, 0.2) is 0 Å². The lowest BCUT2D eigenvalue weighted by Crippen LogP contribution is -2.24. The molecule has 1 N–H and O–H groups in total. The fraction of sp³-hybridized carbons (Fsp3) is 0.778. The standard InChI is InChI=1S/C9H16ClNO/c1-8(4-10)5-11-6-9-2-3-12-7-9/h4,9,11H,2-3,5-7H2,1H3. The molecule has 0 aliphatic carbocycles. The molecule has 0 spiro atoms. The Balaban J connectivity index is 2.01. The normalized spacial score (nSPS) is 24.8. The topological polar surface area (TPSA) is 21.3 Å². The lowest BCUT2D eigenvalue weighted by atomic mass is 10.1. The van der Waals surface area contributed by atoms with Crippen molar-refractivity contribution in [1.82, 2.24) is 5.32 Å². The van der Waals surface area contributed by atoms with Crippen LogP contribution < -0.4 is 5.32 Å². The van der Waals surface area contributed by atoms with E-state index < -0.39 is 0 Å². The van der Waals surface area contributed by atoms with Crippen molar-refractivity contribution < 1.29 is 4.74 Å². The molecule has 1 fully saturated rings. The van der Waals surface area contributed by atoms with Crippen LogP contribution in [0.15, 0.2) is 11.1 Å². The molecule has 1 aliphatic rings. The fourth-order valence-electron chi connectivity index (χ4n) is 1.26. The molecule has 0 bridgehead atoms. The second-order valence-electron chi connectivity index (χ2n) is 3.32. The summed E-state index contributed by atoms with van der Waals surface area (Å²) in [6, 6.07) is 0. The molecule has 1 unspecified atom stereocenters. The van der Waals surface area contributed by atoms with Gasteiger partial charge in [0.2, 0.25) is 0 Å². The smallest absolute Gasteiger partial charge is 0.0507 e. The molecule has 0 saturated carbocycles. The highest BCUT2D eigenvalue weighted by molar-refractivity contribution is 6.25. The van der Waals surface area contributed by atoms with Crippen molar-refractivity contribution in [3.05, 3.63) is 11.1 Å². The number of hydrogen-bond acceptors (Lipinski definition) is 2. The van der Waals surface area contributed by atoms with E-state index in [1.165, 1.54) is 12.0 Å². The molecule has 1 saturated heterocycles. The van der Waals surface area contributed by atoms with Crippen molar-refractivity contribution in [1.29, 1.82) is 0 Å². The molecule has 12 heavy (non-hydrogen) atoms. The van der Waals surface area contributed by atoms with Crippen LogP contribution in [0.25, 0.3) is 0 Å². The van der Waals surface area contributed by atoms with Crippen molar-refractivity contribution in [2.24, 2.45) is 5.92 Å². The highest BCUT2D eigenvalue weighted by Gasteiger charge is 2.14. The number of rotatable bonds is 4. The van der Waals surface area contributed by atoms with Crippen LogP contribution in [0.3, 0.4) is 0 Å². The quantitative estimate of drug-likeness (QED) is 0.728. The van der Waals surface area contributed by atoms with E-state index in [9.17, 15) is 0 Å². The van der Waals surface area contributed by atoms with Gasteiger partial charge >= 0.3 is 0 Å². The zero-order chi connectivity index (χ0) is 8.81. The molecule has 0 aromatic carbocycles. The van der Waals surface area contributed by atoms with Crippen molar-refractivity contribution >= 4 is 11.6 Å². The molecule has 1 heterocycles. The molecular formula is C9H16ClNO. The lowest BCUT2D eigenvalue weighted by Gasteiger charge is -2.08. The van der Waals surface area contributed by atoms with E-state index in [-0.39, 0.29) is 0 Å². The first-order valence-electron chi connectivity index (χ1n) is 4.37. The zero-order valence-electron chi connectivity index (χ0n) is 7.48. The Morgan fingerprint density at radius 2 is 2.58 bits per heavy atom. The Hall–Kier alpha value is -0.0500. The van der Waals surface area contributed by atoms with Crippen LogP contribution in [-0.4, -0.2) is 26.3 Å². The third-order valence-corrected chi connectivity index (χ3v) is 2.42. The maximum absolute atomic E-state index is 5.52. The number of hydrogen-bond donors (Lipinski definition) is 1. The maximum Gasteiger partial charge on any atom is 0.0507 e. The molecule has 0 aromatic rings. The van der Waals surface area contributed by atoms with Crippen molar-refractivity contribution in [2.45, 2.75) is 13.3 Å². The summed E-state index contributed by atoms with van der Waals surface area (Å²) in [4.78, 5) is 0. The van der Waals surface area contributed by atoms with E-state index in [1.54, 1.807) is 5.54 Å². The van der Waals surface area contributed by atoms with E-state index in [0.29, 0.717) is 5.92 Å². The third-order valence-electron chi connectivity index (χ3n) is 2.05. The van der Waals surface area contributed by atoms with Gasteiger partial charge in [0, 0.05) is 25.2 Å². The summed E-state index contributed by atoms with van der Waals surface area (Å²) in [5.74, 6) is 0.702. The van der Waals surface area contributed by atoms with Crippen LogP contribution in [0.2, 0.25) is 0 Å². The first-order chi connectivity index (χ1) is 5.83. The molecule has 1 rings (SSSR count). The Morgan fingerprint density at radius 1 is 1.75 bits per heavy atom. The molecule has 0 radical (unpaired) electrons. The van der Waals surface area contributed by atoms with Gasteiger partial charge in [-0.25, -0.2) is 0 Å². The Labute approximate surface area is 78.9 Å². The van der Waals surface area contributed by atoms with Crippen molar-refractivity contribution in [3.8, 4) is 0 Å². The van der Waals surface area contributed by atoms with Crippen LogP contribution in [-0.2, 0) is 4.74 Å². The van der Waals surface area contributed by atoms with Crippen molar-refractivity contribution in [3.63, 3.8) is 0 Å². The number of halogens is 1. The van der Waals surface area contributed by atoms with Gasteiger partial charge in [0.1, 0.15) is 0 Å². The van der Waals surface area contributed by atoms with Crippen LogP contribution in [0.4, 0.5) is 0 Å².